The summed E-state index contributed by atoms with van der Waals surface area (Å²) in [4.78, 5) is 34.5. The molecule has 2 aromatic heterocycles. The fourth-order valence-electron chi connectivity index (χ4n) is 4.11. The van der Waals surface area contributed by atoms with Crippen molar-refractivity contribution < 1.29 is 23.8 Å². The summed E-state index contributed by atoms with van der Waals surface area (Å²) in [7, 11) is 0. The van der Waals surface area contributed by atoms with Crippen LogP contribution in [-0.4, -0.2) is 43.9 Å². The lowest BCUT2D eigenvalue weighted by atomic mass is 9.83. The average Bonchev–Trinajstić information content (AvgIpc) is 3.33. The molecule has 35 heavy (non-hydrogen) atoms. The van der Waals surface area contributed by atoms with Crippen LogP contribution in [0.3, 0.4) is 0 Å². The van der Waals surface area contributed by atoms with Gasteiger partial charge in [0.15, 0.2) is 11.9 Å². The quantitative estimate of drug-likeness (QED) is 0.403. The largest absolute Gasteiger partial charge is 0.452 e. The molecule has 2 aromatic carbocycles. The predicted molar refractivity (Wildman–Crippen MR) is 124 cm³/mol. The highest BCUT2D eigenvalue weighted by Gasteiger charge is 2.47. The molecule has 1 aliphatic rings. The molecular weight excluding hydrogens is 448 g/mol. The van der Waals surface area contributed by atoms with Gasteiger partial charge in [0.25, 0.3) is 5.78 Å². The Labute approximate surface area is 201 Å². The first-order valence-corrected chi connectivity index (χ1v) is 11.4. The Morgan fingerprint density at radius 2 is 1.49 bits per heavy atom. The molecule has 3 unspecified atom stereocenters. The van der Waals surface area contributed by atoms with E-state index < -0.39 is 30.4 Å². The molecular formula is C26H24N4O5. The zero-order valence-corrected chi connectivity index (χ0v) is 19.2. The second-order valence-electron chi connectivity index (χ2n) is 8.48. The number of aromatic nitrogens is 4. The number of esters is 2. The Bertz CT molecular complexity index is 1290. The topological polar surface area (TPSA) is 105 Å². The van der Waals surface area contributed by atoms with Crippen LogP contribution in [0.1, 0.15) is 46.5 Å². The van der Waals surface area contributed by atoms with E-state index in [-0.39, 0.29) is 11.8 Å². The van der Waals surface area contributed by atoms with Gasteiger partial charge in [-0.25, -0.2) is 19.1 Å². The molecule has 5 atom stereocenters. The van der Waals surface area contributed by atoms with Crippen molar-refractivity contribution >= 4 is 17.7 Å². The van der Waals surface area contributed by atoms with Crippen LogP contribution < -0.4 is 0 Å². The van der Waals surface area contributed by atoms with Gasteiger partial charge in [-0.15, -0.1) is 5.10 Å². The Hall–Kier alpha value is -4.11. The summed E-state index contributed by atoms with van der Waals surface area (Å²) in [6.45, 7) is 3.90. The van der Waals surface area contributed by atoms with Crippen LogP contribution in [0.5, 0.6) is 0 Å². The summed E-state index contributed by atoms with van der Waals surface area (Å²) >= 11 is 0. The third kappa shape index (κ3) is 4.63. The first kappa shape index (κ1) is 22.7. The van der Waals surface area contributed by atoms with Gasteiger partial charge in [0, 0.05) is 18.3 Å². The molecule has 9 heteroatoms. The number of fused-ring (bicyclic) bond motifs is 1. The van der Waals surface area contributed by atoms with Crippen LogP contribution in [0.4, 0.5) is 0 Å². The maximum atomic E-state index is 12.9. The second-order valence-corrected chi connectivity index (χ2v) is 8.48. The van der Waals surface area contributed by atoms with Gasteiger partial charge in [-0.3, -0.25) is 0 Å². The van der Waals surface area contributed by atoms with Crippen molar-refractivity contribution in [2.45, 2.75) is 32.3 Å². The lowest BCUT2D eigenvalue weighted by Crippen LogP contribution is -2.50. The number of hydrogen-bond donors (Lipinski definition) is 0. The van der Waals surface area contributed by atoms with E-state index in [1.807, 2.05) is 19.9 Å². The Morgan fingerprint density at radius 1 is 0.857 bits per heavy atom. The molecule has 3 heterocycles. The number of ether oxygens (including phenoxy) is 3. The van der Waals surface area contributed by atoms with Gasteiger partial charge in [0.1, 0.15) is 6.10 Å². The van der Waals surface area contributed by atoms with Crippen molar-refractivity contribution in [3.8, 4) is 0 Å². The Morgan fingerprint density at radius 3 is 2.11 bits per heavy atom. The minimum Gasteiger partial charge on any atom is -0.452 e. The first-order chi connectivity index (χ1) is 17.0. The molecule has 0 aliphatic carbocycles. The van der Waals surface area contributed by atoms with Crippen LogP contribution in [-0.2, 0) is 14.2 Å². The lowest BCUT2D eigenvalue weighted by molar-refractivity contribution is -0.252. The maximum Gasteiger partial charge on any atom is 0.340 e. The average molecular weight is 473 g/mol. The highest BCUT2D eigenvalue weighted by molar-refractivity contribution is 5.90. The minimum atomic E-state index is -1.16. The van der Waals surface area contributed by atoms with Gasteiger partial charge in [0.2, 0.25) is 6.29 Å². The van der Waals surface area contributed by atoms with Gasteiger partial charge in [0.05, 0.1) is 11.1 Å². The summed E-state index contributed by atoms with van der Waals surface area (Å²) in [5, 5.41) is 4.50. The van der Waals surface area contributed by atoms with Gasteiger partial charge in [-0.1, -0.05) is 50.2 Å². The zero-order chi connectivity index (χ0) is 24.4. The number of carbonyl (C=O) groups excluding carboxylic acids is 2. The van der Waals surface area contributed by atoms with Crippen molar-refractivity contribution in [2.24, 2.45) is 11.8 Å². The van der Waals surface area contributed by atoms with Crippen molar-refractivity contribution in [2.75, 3.05) is 0 Å². The molecule has 178 valence electrons. The SMILES string of the molecule is C[C@@H]1C(c2nc3ncccn3n2)OC(OC(=O)c2ccccc2)C(OC(=O)c2ccccc2)[C@H]1C. The van der Waals surface area contributed by atoms with E-state index in [9.17, 15) is 9.59 Å². The van der Waals surface area contributed by atoms with E-state index in [0.717, 1.165) is 0 Å². The Balaban J connectivity index is 1.45. The zero-order valence-electron chi connectivity index (χ0n) is 19.2. The first-order valence-electron chi connectivity index (χ1n) is 11.4. The number of carbonyl (C=O) groups is 2. The third-order valence-electron chi connectivity index (χ3n) is 6.25. The number of benzene rings is 2. The molecule has 0 radical (unpaired) electrons. The van der Waals surface area contributed by atoms with E-state index >= 15 is 0 Å². The van der Waals surface area contributed by atoms with E-state index in [2.05, 4.69) is 15.1 Å². The monoisotopic (exact) mass is 472 g/mol. The molecule has 4 aromatic rings. The minimum absolute atomic E-state index is 0.160. The second kappa shape index (κ2) is 9.63. The van der Waals surface area contributed by atoms with E-state index in [4.69, 9.17) is 14.2 Å². The van der Waals surface area contributed by atoms with Crippen molar-refractivity contribution in [1.82, 2.24) is 19.6 Å². The number of nitrogens with zero attached hydrogens (tertiary/aromatic N) is 4. The smallest absolute Gasteiger partial charge is 0.340 e. The lowest BCUT2D eigenvalue weighted by Gasteiger charge is -2.42. The van der Waals surface area contributed by atoms with Gasteiger partial charge in [-0.2, -0.15) is 4.98 Å². The fraction of sp³-hybridized carbons (Fsp3) is 0.269. The van der Waals surface area contributed by atoms with Gasteiger partial charge < -0.3 is 14.2 Å². The van der Waals surface area contributed by atoms with Crippen molar-refractivity contribution in [3.63, 3.8) is 0 Å². The fourth-order valence-corrected chi connectivity index (χ4v) is 4.11. The molecule has 0 amide bonds. The van der Waals surface area contributed by atoms with Crippen LogP contribution in [0.25, 0.3) is 5.78 Å². The number of rotatable bonds is 5. The molecule has 1 fully saturated rings. The van der Waals surface area contributed by atoms with E-state index in [0.29, 0.717) is 22.7 Å². The number of hydrogen-bond acceptors (Lipinski definition) is 8. The third-order valence-corrected chi connectivity index (χ3v) is 6.25. The van der Waals surface area contributed by atoms with Crippen LogP contribution >= 0.6 is 0 Å². The molecule has 9 nitrogen and oxygen atoms in total. The normalized spacial score (nSPS) is 24.1. The standard InChI is InChI=1S/C26H24N4O5/c1-16-17(2)21(33-23(31)18-10-5-3-6-11-18)25(35-24(32)19-12-7-4-8-13-19)34-20(16)22-28-26-27-14-9-15-30(26)29-22/h3-17,20-21,25H,1-2H3/t16-,17-,20?,21?,25?/m0/s1. The molecule has 5 rings (SSSR count). The van der Waals surface area contributed by atoms with Crippen LogP contribution in [0.2, 0.25) is 0 Å². The highest BCUT2D eigenvalue weighted by atomic mass is 16.7. The van der Waals surface area contributed by atoms with E-state index in [1.54, 1.807) is 77.6 Å². The Kier molecular flexibility index (Phi) is 6.24. The van der Waals surface area contributed by atoms with Gasteiger partial charge >= 0.3 is 11.9 Å². The molecule has 0 bridgehead atoms. The molecule has 0 spiro atoms. The summed E-state index contributed by atoms with van der Waals surface area (Å²) < 4.78 is 19.4. The molecule has 1 saturated heterocycles. The van der Waals surface area contributed by atoms with Crippen molar-refractivity contribution in [1.29, 1.82) is 0 Å². The van der Waals surface area contributed by atoms with Gasteiger partial charge in [-0.05, 0) is 36.2 Å². The van der Waals surface area contributed by atoms with Crippen molar-refractivity contribution in [3.05, 3.63) is 96.1 Å². The molecule has 0 N–H and O–H groups in total. The maximum absolute atomic E-state index is 12.9. The highest BCUT2D eigenvalue weighted by Crippen LogP contribution is 2.41. The molecule has 1 aliphatic heterocycles. The summed E-state index contributed by atoms with van der Waals surface area (Å²) in [6.07, 6.45) is 0.771. The summed E-state index contributed by atoms with van der Waals surface area (Å²) in [5.41, 5.74) is 0.762. The summed E-state index contributed by atoms with van der Waals surface area (Å²) in [6, 6.07) is 19.0. The molecule has 0 saturated carbocycles. The van der Waals surface area contributed by atoms with Crippen LogP contribution in [0.15, 0.2) is 79.1 Å². The van der Waals surface area contributed by atoms with Crippen LogP contribution in [0, 0.1) is 11.8 Å². The predicted octanol–water partition coefficient (Wildman–Crippen LogP) is 3.88. The summed E-state index contributed by atoms with van der Waals surface area (Å²) in [5.74, 6) is -0.658. The van der Waals surface area contributed by atoms with E-state index in [1.165, 1.54) is 0 Å².